The lowest BCUT2D eigenvalue weighted by atomic mass is 10.1. The van der Waals surface area contributed by atoms with Crippen LogP contribution in [0.15, 0.2) is 41.0 Å². The normalized spacial score (nSPS) is 10.4. The third-order valence-corrected chi connectivity index (χ3v) is 3.18. The first kappa shape index (κ1) is 15.1. The van der Waals surface area contributed by atoms with E-state index in [4.69, 9.17) is 9.15 Å². The number of esters is 1. The van der Waals surface area contributed by atoms with Gasteiger partial charge in [0, 0.05) is 12.1 Å². The summed E-state index contributed by atoms with van der Waals surface area (Å²) in [6.45, 7) is 1.37. The van der Waals surface area contributed by atoms with E-state index in [0.717, 1.165) is 24.3 Å². The second-order valence-corrected chi connectivity index (χ2v) is 4.54. The number of nitrogens with one attached hydrogen (secondary N) is 1. The number of rotatable bonds is 7. The minimum atomic E-state index is -0.452. The van der Waals surface area contributed by atoms with Gasteiger partial charge in [0.2, 0.25) is 5.76 Å². The summed E-state index contributed by atoms with van der Waals surface area (Å²) in [5.74, 6) is 0.661. The summed E-state index contributed by atoms with van der Waals surface area (Å²) in [6, 6.07) is 9.74. The standard InChI is InChI=1S/C16H19NO4/c1-19-14-5-3-12(4-6-14)7-9-17-11-13-8-10-21-15(13)16(18)20-2/h3-6,8,10,17H,7,9,11H2,1-2H3. The van der Waals surface area contributed by atoms with Crippen molar-refractivity contribution in [2.75, 3.05) is 20.8 Å². The molecule has 5 heteroatoms. The highest BCUT2D eigenvalue weighted by Gasteiger charge is 2.14. The van der Waals surface area contributed by atoms with E-state index in [0.29, 0.717) is 6.54 Å². The quantitative estimate of drug-likeness (QED) is 0.626. The highest BCUT2D eigenvalue weighted by molar-refractivity contribution is 5.87. The second-order valence-electron chi connectivity index (χ2n) is 4.54. The van der Waals surface area contributed by atoms with Gasteiger partial charge in [-0.05, 0) is 36.7 Å². The van der Waals surface area contributed by atoms with Crippen molar-refractivity contribution in [2.24, 2.45) is 0 Å². The van der Waals surface area contributed by atoms with Crippen molar-refractivity contribution in [1.29, 1.82) is 0 Å². The fraction of sp³-hybridized carbons (Fsp3) is 0.312. The molecular weight excluding hydrogens is 270 g/mol. The van der Waals surface area contributed by atoms with Gasteiger partial charge < -0.3 is 19.2 Å². The van der Waals surface area contributed by atoms with Gasteiger partial charge in [0.1, 0.15) is 5.75 Å². The van der Waals surface area contributed by atoms with E-state index < -0.39 is 5.97 Å². The summed E-state index contributed by atoms with van der Waals surface area (Å²) in [4.78, 5) is 11.5. The van der Waals surface area contributed by atoms with Gasteiger partial charge in [-0.3, -0.25) is 0 Å². The maximum absolute atomic E-state index is 11.5. The summed E-state index contributed by atoms with van der Waals surface area (Å²) < 4.78 is 14.9. The number of ether oxygens (including phenoxy) is 2. The Kier molecular flexibility index (Phi) is 5.40. The first-order valence-electron chi connectivity index (χ1n) is 6.73. The van der Waals surface area contributed by atoms with E-state index in [2.05, 4.69) is 10.1 Å². The molecule has 0 atom stereocenters. The Morgan fingerprint density at radius 1 is 1.19 bits per heavy atom. The van der Waals surface area contributed by atoms with Crippen molar-refractivity contribution in [1.82, 2.24) is 5.32 Å². The number of benzene rings is 1. The molecule has 1 aromatic heterocycles. The van der Waals surface area contributed by atoms with Crippen LogP contribution < -0.4 is 10.1 Å². The summed E-state index contributed by atoms with van der Waals surface area (Å²) >= 11 is 0. The Bertz CT molecular complexity index is 574. The maximum atomic E-state index is 11.5. The fourth-order valence-electron chi connectivity index (χ4n) is 1.99. The summed E-state index contributed by atoms with van der Waals surface area (Å²) in [7, 11) is 2.99. The highest BCUT2D eigenvalue weighted by atomic mass is 16.5. The predicted molar refractivity (Wildman–Crippen MR) is 78.5 cm³/mol. The summed E-state index contributed by atoms with van der Waals surface area (Å²) in [5, 5.41) is 3.29. The Labute approximate surface area is 123 Å². The molecule has 0 radical (unpaired) electrons. The van der Waals surface area contributed by atoms with E-state index in [1.54, 1.807) is 13.2 Å². The Hall–Kier alpha value is -2.27. The highest BCUT2D eigenvalue weighted by Crippen LogP contribution is 2.13. The maximum Gasteiger partial charge on any atom is 0.374 e. The number of furan rings is 1. The average Bonchev–Trinajstić information content (AvgIpc) is 3.00. The fourth-order valence-corrected chi connectivity index (χ4v) is 1.99. The molecule has 1 N–H and O–H groups in total. The molecule has 0 bridgehead atoms. The van der Waals surface area contributed by atoms with Gasteiger partial charge >= 0.3 is 5.97 Å². The third kappa shape index (κ3) is 4.10. The van der Waals surface area contributed by atoms with E-state index in [9.17, 15) is 4.79 Å². The van der Waals surface area contributed by atoms with Gasteiger partial charge in [-0.2, -0.15) is 0 Å². The van der Waals surface area contributed by atoms with E-state index >= 15 is 0 Å². The van der Waals surface area contributed by atoms with Crippen molar-refractivity contribution >= 4 is 5.97 Å². The molecule has 0 saturated carbocycles. The zero-order chi connectivity index (χ0) is 15.1. The lowest BCUT2D eigenvalue weighted by Gasteiger charge is -2.06. The smallest absolute Gasteiger partial charge is 0.374 e. The van der Waals surface area contributed by atoms with Crippen LogP contribution >= 0.6 is 0 Å². The first-order chi connectivity index (χ1) is 10.2. The topological polar surface area (TPSA) is 60.7 Å². The summed E-state index contributed by atoms with van der Waals surface area (Å²) in [5.41, 5.74) is 2.03. The molecule has 0 fully saturated rings. The number of methoxy groups -OCH3 is 2. The lowest BCUT2D eigenvalue weighted by Crippen LogP contribution is -2.18. The Balaban J connectivity index is 1.79. The van der Waals surface area contributed by atoms with Crippen LogP contribution in [0.5, 0.6) is 5.75 Å². The molecule has 0 amide bonds. The number of hydrogen-bond donors (Lipinski definition) is 1. The van der Waals surface area contributed by atoms with Crippen LogP contribution in [0.4, 0.5) is 0 Å². The molecule has 0 spiro atoms. The minimum absolute atomic E-state index is 0.259. The van der Waals surface area contributed by atoms with Gasteiger partial charge in [-0.15, -0.1) is 0 Å². The lowest BCUT2D eigenvalue weighted by molar-refractivity contribution is 0.0563. The SMILES string of the molecule is COC(=O)c1occc1CNCCc1ccc(OC)cc1. The molecule has 1 aromatic carbocycles. The van der Waals surface area contributed by atoms with Crippen molar-refractivity contribution in [3.8, 4) is 5.75 Å². The van der Waals surface area contributed by atoms with E-state index in [-0.39, 0.29) is 5.76 Å². The monoisotopic (exact) mass is 289 g/mol. The van der Waals surface area contributed by atoms with Crippen LogP contribution in [0.1, 0.15) is 21.7 Å². The average molecular weight is 289 g/mol. The largest absolute Gasteiger partial charge is 0.497 e. The first-order valence-corrected chi connectivity index (χ1v) is 6.73. The van der Waals surface area contributed by atoms with Gasteiger partial charge in [-0.25, -0.2) is 4.79 Å². The number of carbonyl (C=O) groups excluding carboxylic acids is 1. The van der Waals surface area contributed by atoms with Gasteiger partial charge in [0.15, 0.2) is 0 Å². The zero-order valence-electron chi connectivity index (χ0n) is 12.2. The Morgan fingerprint density at radius 2 is 1.95 bits per heavy atom. The van der Waals surface area contributed by atoms with Gasteiger partial charge in [0.05, 0.1) is 20.5 Å². The van der Waals surface area contributed by atoms with Crippen molar-refractivity contribution in [2.45, 2.75) is 13.0 Å². The van der Waals surface area contributed by atoms with Crippen LogP contribution in [0.25, 0.3) is 0 Å². The Morgan fingerprint density at radius 3 is 2.62 bits per heavy atom. The van der Waals surface area contributed by atoms with E-state index in [1.807, 2.05) is 24.3 Å². The van der Waals surface area contributed by atoms with E-state index in [1.165, 1.54) is 18.9 Å². The van der Waals surface area contributed by atoms with Crippen molar-refractivity contribution < 1.29 is 18.7 Å². The van der Waals surface area contributed by atoms with Crippen LogP contribution in [0.2, 0.25) is 0 Å². The molecule has 0 unspecified atom stereocenters. The van der Waals surface area contributed by atoms with Crippen LogP contribution in [0, 0.1) is 0 Å². The molecule has 0 aliphatic rings. The molecule has 0 aliphatic carbocycles. The summed E-state index contributed by atoms with van der Waals surface area (Å²) in [6.07, 6.45) is 2.39. The molecule has 5 nitrogen and oxygen atoms in total. The molecule has 1 heterocycles. The van der Waals surface area contributed by atoms with Gasteiger partial charge in [0.25, 0.3) is 0 Å². The predicted octanol–water partition coefficient (Wildman–Crippen LogP) is 2.41. The molecule has 0 aliphatic heterocycles. The van der Waals surface area contributed by atoms with Crippen LogP contribution in [-0.2, 0) is 17.7 Å². The number of carbonyl (C=O) groups is 1. The molecule has 0 saturated heterocycles. The molecule has 2 rings (SSSR count). The molecular formula is C16H19NO4. The molecule has 21 heavy (non-hydrogen) atoms. The molecule has 2 aromatic rings. The van der Waals surface area contributed by atoms with Crippen molar-refractivity contribution in [3.63, 3.8) is 0 Å². The zero-order valence-corrected chi connectivity index (χ0v) is 12.2. The minimum Gasteiger partial charge on any atom is -0.497 e. The van der Waals surface area contributed by atoms with Gasteiger partial charge in [-0.1, -0.05) is 12.1 Å². The number of hydrogen-bond acceptors (Lipinski definition) is 5. The van der Waals surface area contributed by atoms with Crippen LogP contribution in [-0.4, -0.2) is 26.7 Å². The van der Waals surface area contributed by atoms with Crippen molar-refractivity contribution in [3.05, 3.63) is 53.5 Å². The molecule has 112 valence electrons. The van der Waals surface area contributed by atoms with Crippen LogP contribution in [0.3, 0.4) is 0 Å². The second kappa shape index (κ2) is 7.50. The third-order valence-electron chi connectivity index (χ3n) is 3.18.